The van der Waals surface area contributed by atoms with Gasteiger partial charge in [0.25, 0.3) is 0 Å². The van der Waals surface area contributed by atoms with E-state index >= 15 is 0 Å². The molecule has 2 aliphatic heterocycles. The Balaban J connectivity index is 1.25. The van der Waals surface area contributed by atoms with Crippen LogP contribution in [0.15, 0.2) is 40.5 Å². The molecule has 0 saturated carbocycles. The number of aromatic nitrogens is 2. The molecule has 0 unspecified atom stereocenters. The van der Waals surface area contributed by atoms with Gasteiger partial charge in [0.2, 0.25) is 5.91 Å². The number of ether oxygens (including phenoxy) is 1. The lowest BCUT2D eigenvalue weighted by Gasteiger charge is -2.43. The minimum atomic E-state index is -0.202. The highest BCUT2D eigenvalue weighted by Crippen LogP contribution is 2.44. The maximum absolute atomic E-state index is 12.8. The predicted octanol–water partition coefficient (Wildman–Crippen LogP) is 2.87. The lowest BCUT2D eigenvalue weighted by molar-refractivity contribution is -0.140. The van der Waals surface area contributed by atoms with Gasteiger partial charge in [0.15, 0.2) is 0 Å². The van der Waals surface area contributed by atoms with Crippen molar-refractivity contribution in [1.82, 2.24) is 14.5 Å². The number of fused-ring (bicyclic) bond motifs is 3. The van der Waals surface area contributed by atoms with E-state index in [0.29, 0.717) is 26.1 Å². The minimum Gasteiger partial charge on any atom is -0.369 e. The molecule has 1 spiro atoms. The standard InChI is InChI=1S/C21H23N3O3S/c25-18(5-10-24-17-4-2-1-3-16(17)22-20(24)26)23-11-8-21(9-12-23)19-15(6-13-27-21)7-14-28-19/h1-4,7,14H,5-6,8-13H2,(H,22,26). The van der Waals surface area contributed by atoms with Crippen LogP contribution in [-0.4, -0.2) is 40.1 Å². The molecule has 2 aromatic heterocycles. The molecule has 1 fully saturated rings. The zero-order valence-electron chi connectivity index (χ0n) is 15.6. The number of aryl methyl sites for hydroxylation is 1. The number of nitrogens with one attached hydrogen (secondary N) is 1. The molecule has 4 heterocycles. The number of aromatic amines is 1. The van der Waals surface area contributed by atoms with Crippen LogP contribution in [0.1, 0.15) is 29.7 Å². The van der Waals surface area contributed by atoms with Gasteiger partial charge in [-0.1, -0.05) is 12.1 Å². The van der Waals surface area contributed by atoms with E-state index in [2.05, 4.69) is 16.4 Å². The second-order valence-electron chi connectivity index (χ2n) is 7.60. The molecule has 1 aromatic carbocycles. The Morgan fingerprint density at radius 2 is 2.04 bits per heavy atom. The monoisotopic (exact) mass is 397 g/mol. The number of H-pyrrole nitrogens is 1. The van der Waals surface area contributed by atoms with Crippen molar-refractivity contribution >= 4 is 28.3 Å². The van der Waals surface area contributed by atoms with E-state index in [4.69, 9.17) is 4.74 Å². The fourth-order valence-electron chi connectivity index (χ4n) is 4.54. The van der Waals surface area contributed by atoms with Crippen molar-refractivity contribution in [3.05, 3.63) is 56.6 Å². The van der Waals surface area contributed by atoms with Crippen molar-refractivity contribution in [3.8, 4) is 0 Å². The number of piperidine rings is 1. The number of amides is 1. The van der Waals surface area contributed by atoms with Gasteiger partial charge in [-0.2, -0.15) is 0 Å². The molecule has 7 heteroatoms. The van der Waals surface area contributed by atoms with E-state index in [1.54, 1.807) is 15.9 Å². The zero-order chi connectivity index (χ0) is 19.1. The molecule has 3 aromatic rings. The first-order valence-electron chi connectivity index (χ1n) is 9.82. The highest BCUT2D eigenvalue weighted by atomic mass is 32.1. The van der Waals surface area contributed by atoms with E-state index in [1.165, 1.54) is 10.4 Å². The van der Waals surface area contributed by atoms with Gasteiger partial charge in [0.1, 0.15) is 5.60 Å². The fourth-order valence-corrected chi connectivity index (χ4v) is 5.71. The maximum Gasteiger partial charge on any atom is 0.326 e. The molecular formula is C21H23N3O3S. The average molecular weight is 398 g/mol. The molecule has 146 valence electrons. The van der Waals surface area contributed by atoms with Crippen LogP contribution in [0, 0.1) is 0 Å². The first-order valence-corrected chi connectivity index (χ1v) is 10.7. The van der Waals surface area contributed by atoms with Crippen molar-refractivity contribution in [3.63, 3.8) is 0 Å². The Kier molecular flexibility index (Phi) is 4.36. The Labute approximate surface area is 166 Å². The number of nitrogens with zero attached hydrogens (tertiary/aromatic N) is 2. The van der Waals surface area contributed by atoms with Crippen LogP contribution in [0.2, 0.25) is 0 Å². The lowest BCUT2D eigenvalue weighted by Crippen LogP contribution is -2.48. The summed E-state index contributed by atoms with van der Waals surface area (Å²) in [5, 5.41) is 2.15. The van der Waals surface area contributed by atoms with Gasteiger partial charge in [-0.05, 0) is 48.4 Å². The van der Waals surface area contributed by atoms with Crippen LogP contribution in [0.3, 0.4) is 0 Å². The highest BCUT2D eigenvalue weighted by molar-refractivity contribution is 7.10. The van der Waals surface area contributed by atoms with Crippen molar-refractivity contribution in [2.24, 2.45) is 0 Å². The molecule has 5 rings (SSSR count). The summed E-state index contributed by atoms with van der Waals surface area (Å²) in [6.07, 6.45) is 3.01. The summed E-state index contributed by atoms with van der Waals surface area (Å²) in [6.45, 7) is 2.58. The third-order valence-corrected chi connectivity index (χ3v) is 7.21. The normalized spacial score (nSPS) is 18.5. The number of rotatable bonds is 3. The first-order chi connectivity index (χ1) is 13.7. The van der Waals surface area contributed by atoms with E-state index < -0.39 is 0 Å². The van der Waals surface area contributed by atoms with Gasteiger partial charge >= 0.3 is 5.69 Å². The number of carbonyl (C=O) groups excluding carboxylic acids is 1. The van der Waals surface area contributed by atoms with Crippen LogP contribution < -0.4 is 5.69 Å². The van der Waals surface area contributed by atoms with Gasteiger partial charge in [-0.25, -0.2) is 4.79 Å². The summed E-state index contributed by atoms with van der Waals surface area (Å²) in [7, 11) is 0. The van der Waals surface area contributed by atoms with Crippen LogP contribution in [-0.2, 0) is 28.1 Å². The molecule has 0 atom stereocenters. The number of benzene rings is 1. The van der Waals surface area contributed by atoms with E-state index in [-0.39, 0.29) is 17.2 Å². The number of para-hydroxylation sites is 2. The first kappa shape index (κ1) is 17.7. The second kappa shape index (κ2) is 6.90. The van der Waals surface area contributed by atoms with E-state index in [1.807, 2.05) is 29.2 Å². The third kappa shape index (κ3) is 2.89. The molecule has 28 heavy (non-hydrogen) atoms. The molecular weight excluding hydrogens is 374 g/mol. The smallest absolute Gasteiger partial charge is 0.326 e. The van der Waals surface area contributed by atoms with Gasteiger partial charge in [0.05, 0.1) is 17.6 Å². The van der Waals surface area contributed by atoms with Crippen molar-refractivity contribution in [1.29, 1.82) is 0 Å². The molecule has 6 nitrogen and oxygen atoms in total. The van der Waals surface area contributed by atoms with Crippen LogP contribution in [0.25, 0.3) is 11.0 Å². The summed E-state index contributed by atoms with van der Waals surface area (Å²) < 4.78 is 7.88. The summed E-state index contributed by atoms with van der Waals surface area (Å²) in [4.78, 5) is 31.1. The van der Waals surface area contributed by atoms with E-state index in [9.17, 15) is 9.59 Å². The van der Waals surface area contributed by atoms with Crippen LogP contribution >= 0.6 is 11.3 Å². The number of imidazole rings is 1. The molecule has 1 amide bonds. The Bertz CT molecular complexity index is 1070. The lowest BCUT2D eigenvalue weighted by atomic mass is 9.85. The molecule has 1 N–H and O–H groups in total. The predicted molar refractivity (Wildman–Crippen MR) is 109 cm³/mol. The Morgan fingerprint density at radius 1 is 1.21 bits per heavy atom. The SMILES string of the molecule is O=C(CCn1c(=O)[nH]c2ccccc21)N1CCC2(CC1)OCCc1ccsc12. The van der Waals surface area contributed by atoms with Gasteiger partial charge in [0, 0.05) is 30.9 Å². The van der Waals surface area contributed by atoms with Crippen LogP contribution in [0.5, 0.6) is 0 Å². The summed E-state index contributed by atoms with van der Waals surface area (Å²) >= 11 is 1.78. The third-order valence-electron chi connectivity index (χ3n) is 6.07. The molecule has 0 aliphatic carbocycles. The number of thiophene rings is 1. The van der Waals surface area contributed by atoms with Gasteiger partial charge in [-0.3, -0.25) is 9.36 Å². The second-order valence-corrected chi connectivity index (χ2v) is 8.51. The van der Waals surface area contributed by atoms with E-state index in [0.717, 1.165) is 36.9 Å². The van der Waals surface area contributed by atoms with Gasteiger partial charge in [-0.15, -0.1) is 11.3 Å². The van der Waals surface area contributed by atoms with Crippen molar-refractivity contribution < 1.29 is 9.53 Å². The van der Waals surface area contributed by atoms with Crippen molar-refractivity contribution in [2.45, 2.75) is 37.8 Å². The number of hydrogen-bond donors (Lipinski definition) is 1. The van der Waals surface area contributed by atoms with Gasteiger partial charge < -0.3 is 14.6 Å². The minimum absolute atomic E-state index is 0.106. The summed E-state index contributed by atoms with van der Waals surface area (Å²) in [5.74, 6) is 0.106. The highest BCUT2D eigenvalue weighted by Gasteiger charge is 2.42. The summed E-state index contributed by atoms with van der Waals surface area (Å²) in [5.41, 5.74) is 2.70. The molecule has 2 aliphatic rings. The topological polar surface area (TPSA) is 67.3 Å². The van der Waals surface area contributed by atoms with Crippen LogP contribution in [0.4, 0.5) is 0 Å². The molecule has 1 saturated heterocycles. The fraction of sp³-hybridized carbons (Fsp3) is 0.429. The number of likely N-dealkylation sites (tertiary alicyclic amines) is 1. The Hall–Kier alpha value is -2.38. The average Bonchev–Trinajstić information content (AvgIpc) is 3.32. The Morgan fingerprint density at radius 3 is 2.89 bits per heavy atom. The summed E-state index contributed by atoms with van der Waals surface area (Å²) in [6, 6.07) is 9.79. The number of carbonyl (C=O) groups is 1. The zero-order valence-corrected chi connectivity index (χ0v) is 16.5. The molecule has 0 bridgehead atoms. The van der Waals surface area contributed by atoms with Crippen molar-refractivity contribution in [2.75, 3.05) is 19.7 Å². The number of hydrogen-bond acceptors (Lipinski definition) is 4. The quantitative estimate of drug-likeness (QED) is 0.739. The molecule has 0 radical (unpaired) electrons. The maximum atomic E-state index is 12.8. The largest absolute Gasteiger partial charge is 0.369 e.